The summed E-state index contributed by atoms with van der Waals surface area (Å²) in [5, 5.41) is 6.82. The fourth-order valence-electron chi connectivity index (χ4n) is 3.19. The molecule has 0 saturated carbocycles. The zero-order valence-corrected chi connectivity index (χ0v) is 20.0. The van der Waals surface area contributed by atoms with Gasteiger partial charge in [0, 0.05) is 5.69 Å². The van der Waals surface area contributed by atoms with Crippen molar-refractivity contribution < 1.29 is 19.1 Å². The highest BCUT2D eigenvalue weighted by molar-refractivity contribution is 6.39. The van der Waals surface area contributed by atoms with Crippen LogP contribution >= 0.6 is 11.6 Å². The average molecular weight is 480 g/mol. The number of hydrazone groups is 1. The number of halogens is 1. The Morgan fingerprint density at radius 1 is 0.971 bits per heavy atom. The number of hydrogen-bond donors (Lipinski definition) is 2. The second-order valence-corrected chi connectivity index (χ2v) is 7.86. The summed E-state index contributed by atoms with van der Waals surface area (Å²) in [6.07, 6.45) is 1.37. The molecule has 3 aromatic rings. The summed E-state index contributed by atoms with van der Waals surface area (Å²) in [5.41, 5.74) is 6.11. The SMILES string of the molecule is CCOc1cc(/C=N\NC(=O)C(=O)Nc2c(C)cccc2C)cc(Cl)c1OCc1ccccc1. The van der Waals surface area contributed by atoms with Crippen LogP contribution < -0.4 is 20.2 Å². The number of para-hydroxylation sites is 1. The van der Waals surface area contributed by atoms with Crippen molar-refractivity contribution in [3.05, 3.63) is 87.9 Å². The highest BCUT2D eigenvalue weighted by atomic mass is 35.5. The van der Waals surface area contributed by atoms with Gasteiger partial charge in [0.05, 0.1) is 17.8 Å². The number of nitrogens with one attached hydrogen (secondary N) is 2. The molecule has 0 aliphatic heterocycles. The molecule has 0 radical (unpaired) electrons. The maximum atomic E-state index is 12.2. The van der Waals surface area contributed by atoms with Crippen molar-refractivity contribution in [3.8, 4) is 11.5 Å². The van der Waals surface area contributed by atoms with Crippen LogP contribution in [0.1, 0.15) is 29.2 Å². The molecule has 2 amide bonds. The molecule has 0 bridgehead atoms. The first-order chi connectivity index (χ1) is 16.4. The van der Waals surface area contributed by atoms with E-state index in [0.717, 1.165) is 16.7 Å². The van der Waals surface area contributed by atoms with Gasteiger partial charge in [0.2, 0.25) is 0 Å². The van der Waals surface area contributed by atoms with Gasteiger partial charge in [-0.15, -0.1) is 0 Å². The Balaban J connectivity index is 1.66. The van der Waals surface area contributed by atoms with E-state index in [9.17, 15) is 9.59 Å². The zero-order chi connectivity index (χ0) is 24.5. The summed E-state index contributed by atoms with van der Waals surface area (Å²) >= 11 is 6.43. The van der Waals surface area contributed by atoms with Crippen molar-refractivity contribution in [2.45, 2.75) is 27.4 Å². The number of anilines is 1. The molecule has 8 heteroatoms. The Labute approximate surface area is 203 Å². The van der Waals surface area contributed by atoms with Crippen LogP contribution in [0.15, 0.2) is 65.8 Å². The van der Waals surface area contributed by atoms with Crippen molar-refractivity contribution in [1.82, 2.24) is 5.43 Å². The van der Waals surface area contributed by atoms with E-state index in [1.54, 1.807) is 12.1 Å². The number of nitrogens with zero attached hydrogens (tertiary/aromatic N) is 1. The summed E-state index contributed by atoms with van der Waals surface area (Å²) in [6, 6.07) is 18.6. The predicted molar refractivity (Wildman–Crippen MR) is 134 cm³/mol. The molecule has 2 N–H and O–H groups in total. The van der Waals surface area contributed by atoms with E-state index in [1.807, 2.05) is 69.3 Å². The molecular formula is C26H26ClN3O4. The molecule has 34 heavy (non-hydrogen) atoms. The monoisotopic (exact) mass is 479 g/mol. The Morgan fingerprint density at radius 2 is 1.68 bits per heavy atom. The standard InChI is InChI=1S/C26H26ClN3O4/c1-4-33-22-14-20(13-21(27)24(22)34-16-19-11-6-5-7-12-19)15-28-30-26(32)25(31)29-23-17(2)9-8-10-18(23)3/h5-15H,4,16H2,1-3H3,(H,29,31)(H,30,32)/b28-15-. The van der Waals surface area contributed by atoms with Gasteiger partial charge in [-0.1, -0.05) is 60.1 Å². The van der Waals surface area contributed by atoms with Gasteiger partial charge in [0.25, 0.3) is 0 Å². The molecule has 0 saturated heterocycles. The molecule has 0 spiro atoms. The van der Waals surface area contributed by atoms with Crippen molar-refractivity contribution >= 4 is 35.3 Å². The number of amides is 2. The second kappa shape index (κ2) is 11.9. The Bertz CT molecular complexity index is 1180. The highest BCUT2D eigenvalue weighted by Crippen LogP contribution is 2.37. The lowest BCUT2D eigenvalue weighted by Crippen LogP contribution is -2.32. The number of ether oxygens (including phenoxy) is 2. The van der Waals surface area contributed by atoms with E-state index in [1.165, 1.54) is 6.21 Å². The van der Waals surface area contributed by atoms with Gasteiger partial charge in [0.1, 0.15) is 6.61 Å². The molecule has 176 valence electrons. The first-order valence-corrected chi connectivity index (χ1v) is 11.1. The summed E-state index contributed by atoms with van der Waals surface area (Å²) < 4.78 is 11.6. The van der Waals surface area contributed by atoms with Crippen LogP contribution in [0.2, 0.25) is 5.02 Å². The Hall–Kier alpha value is -3.84. The topological polar surface area (TPSA) is 89.0 Å². The third kappa shape index (κ3) is 6.59. The largest absolute Gasteiger partial charge is 0.490 e. The maximum absolute atomic E-state index is 12.2. The quantitative estimate of drug-likeness (QED) is 0.269. The van der Waals surface area contributed by atoms with Crippen molar-refractivity contribution in [1.29, 1.82) is 0 Å². The van der Waals surface area contributed by atoms with Crippen molar-refractivity contribution in [2.75, 3.05) is 11.9 Å². The fourth-order valence-corrected chi connectivity index (χ4v) is 3.47. The molecule has 0 atom stereocenters. The molecule has 3 rings (SSSR count). The van der Waals surface area contributed by atoms with Crippen molar-refractivity contribution in [3.63, 3.8) is 0 Å². The number of carbonyl (C=O) groups excluding carboxylic acids is 2. The number of hydrogen-bond acceptors (Lipinski definition) is 5. The smallest absolute Gasteiger partial charge is 0.329 e. The summed E-state index contributed by atoms with van der Waals surface area (Å²) in [6.45, 7) is 6.30. The maximum Gasteiger partial charge on any atom is 0.329 e. The first-order valence-electron chi connectivity index (χ1n) is 10.7. The first kappa shape index (κ1) is 24.8. The number of benzene rings is 3. The molecule has 3 aromatic carbocycles. The zero-order valence-electron chi connectivity index (χ0n) is 19.2. The van der Waals surface area contributed by atoms with Crippen LogP contribution in [0.3, 0.4) is 0 Å². The molecule has 0 aliphatic rings. The van der Waals surface area contributed by atoms with E-state index >= 15 is 0 Å². The van der Waals surface area contributed by atoms with Gasteiger partial charge in [-0.25, -0.2) is 5.43 Å². The molecule has 7 nitrogen and oxygen atoms in total. The molecule has 0 heterocycles. The average Bonchev–Trinajstić information content (AvgIpc) is 2.81. The minimum Gasteiger partial charge on any atom is -0.490 e. The molecule has 0 unspecified atom stereocenters. The van der Waals surface area contributed by atoms with Crippen LogP contribution in [0.4, 0.5) is 5.69 Å². The third-order valence-corrected chi connectivity index (χ3v) is 5.14. The van der Waals surface area contributed by atoms with Crippen LogP contribution in [-0.2, 0) is 16.2 Å². The Morgan fingerprint density at radius 3 is 2.35 bits per heavy atom. The van der Waals surface area contributed by atoms with E-state index in [0.29, 0.717) is 41.0 Å². The molecule has 0 aliphatic carbocycles. The molecule has 0 aromatic heterocycles. The van der Waals surface area contributed by atoms with Gasteiger partial charge >= 0.3 is 11.8 Å². The van der Waals surface area contributed by atoms with Gasteiger partial charge in [-0.05, 0) is 55.2 Å². The Kier molecular flexibility index (Phi) is 8.65. The summed E-state index contributed by atoms with van der Waals surface area (Å²) in [4.78, 5) is 24.4. The van der Waals surface area contributed by atoms with Gasteiger partial charge in [-0.3, -0.25) is 9.59 Å². The summed E-state index contributed by atoms with van der Waals surface area (Å²) in [7, 11) is 0. The van der Waals surface area contributed by atoms with Gasteiger partial charge in [-0.2, -0.15) is 5.10 Å². The number of carbonyl (C=O) groups is 2. The fraction of sp³-hybridized carbons (Fsp3) is 0.192. The van der Waals surface area contributed by atoms with E-state index in [2.05, 4.69) is 15.8 Å². The number of rotatable bonds is 8. The van der Waals surface area contributed by atoms with Crippen LogP contribution in [0.25, 0.3) is 0 Å². The van der Waals surface area contributed by atoms with E-state index < -0.39 is 11.8 Å². The molecule has 0 fully saturated rings. The van der Waals surface area contributed by atoms with E-state index in [-0.39, 0.29) is 0 Å². The van der Waals surface area contributed by atoms with E-state index in [4.69, 9.17) is 21.1 Å². The molecular weight excluding hydrogens is 454 g/mol. The number of aryl methyl sites for hydroxylation is 2. The van der Waals surface area contributed by atoms with Crippen molar-refractivity contribution in [2.24, 2.45) is 5.10 Å². The second-order valence-electron chi connectivity index (χ2n) is 7.46. The normalized spacial score (nSPS) is 10.7. The van der Waals surface area contributed by atoms with Gasteiger partial charge < -0.3 is 14.8 Å². The predicted octanol–water partition coefficient (Wildman–Crippen LogP) is 5.02. The van der Waals surface area contributed by atoms with Crippen LogP contribution in [0.5, 0.6) is 11.5 Å². The highest BCUT2D eigenvalue weighted by Gasteiger charge is 2.16. The minimum atomic E-state index is -0.891. The lowest BCUT2D eigenvalue weighted by molar-refractivity contribution is -0.136. The van der Waals surface area contributed by atoms with Gasteiger partial charge in [0.15, 0.2) is 11.5 Å². The van der Waals surface area contributed by atoms with Crippen LogP contribution in [-0.4, -0.2) is 24.6 Å². The lowest BCUT2D eigenvalue weighted by atomic mass is 10.1. The minimum absolute atomic E-state index is 0.333. The summed E-state index contributed by atoms with van der Waals surface area (Å²) in [5.74, 6) is -0.835. The van der Waals surface area contributed by atoms with Crippen LogP contribution in [0, 0.1) is 13.8 Å². The third-order valence-electron chi connectivity index (χ3n) is 4.86. The lowest BCUT2D eigenvalue weighted by Gasteiger charge is -2.14.